The highest BCUT2D eigenvalue weighted by molar-refractivity contribution is 5.57. The first-order valence-electron chi connectivity index (χ1n) is 6.19. The number of hydrogen-bond donors (Lipinski definition) is 0. The number of rotatable bonds is 5. The van der Waals surface area contributed by atoms with Gasteiger partial charge >= 0.3 is 0 Å². The Labute approximate surface area is 104 Å². The number of nitrogens with zero attached hydrogens (tertiary/aromatic N) is 3. The first-order valence-corrected chi connectivity index (χ1v) is 6.19. The maximum absolute atomic E-state index is 9.19. The predicted molar refractivity (Wildman–Crippen MR) is 71.2 cm³/mol. The molecule has 17 heavy (non-hydrogen) atoms. The van der Waals surface area contributed by atoms with E-state index in [4.69, 9.17) is 0 Å². The summed E-state index contributed by atoms with van der Waals surface area (Å²) in [5, 5.41) is 9.19. The Balaban J connectivity index is 2.92. The van der Waals surface area contributed by atoms with Crippen LogP contribution >= 0.6 is 0 Å². The average Bonchev–Trinajstić information content (AvgIpc) is 2.28. The van der Waals surface area contributed by atoms with Gasteiger partial charge in [-0.3, -0.25) is 0 Å². The van der Waals surface area contributed by atoms with Gasteiger partial charge in [0.15, 0.2) is 0 Å². The van der Waals surface area contributed by atoms with Crippen molar-refractivity contribution in [1.82, 2.24) is 4.98 Å². The van der Waals surface area contributed by atoms with Crippen molar-refractivity contribution in [3.63, 3.8) is 0 Å². The largest absolute Gasteiger partial charge is 0.359 e. The maximum atomic E-state index is 9.19. The minimum absolute atomic E-state index is 0.703. The second kappa shape index (κ2) is 6.24. The molecule has 0 radical (unpaired) electrons. The van der Waals surface area contributed by atoms with Gasteiger partial charge < -0.3 is 4.90 Å². The zero-order valence-electron chi connectivity index (χ0n) is 11.2. The monoisotopic (exact) mass is 231 g/mol. The van der Waals surface area contributed by atoms with Crippen LogP contribution in [0.25, 0.3) is 0 Å². The number of aromatic nitrogens is 1. The van der Waals surface area contributed by atoms with E-state index in [0.29, 0.717) is 5.56 Å². The summed E-state index contributed by atoms with van der Waals surface area (Å²) in [4.78, 5) is 6.58. The molecule has 1 aromatic rings. The van der Waals surface area contributed by atoms with Gasteiger partial charge in [0.1, 0.15) is 11.9 Å². The quantitative estimate of drug-likeness (QED) is 0.731. The zero-order valence-corrected chi connectivity index (χ0v) is 11.2. The van der Waals surface area contributed by atoms with E-state index in [1.54, 1.807) is 0 Å². The minimum atomic E-state index is 0.703. The van der Waals surface area contributed by atoms with Crippen LogP contribution in [0.5, 0.6) is 0 Å². The molecule has 3 heteroatoms. The van der Waals surface area contributed by atoms with Gasteiger partial charge in [-0.2, -0.15) is 5.26 Å². The second-order valence-electron chi connectivity index (χ2n) is 4.52. The molecule has 0 aliphatic heterocycles. The second-order valence-corrected chi connectivity index (χ2v) is 4.52. The standard InChI is InChI=1S/C14H21N3/c1-5-6-7-8-17(4)14-13(10-15)11(2)9-12(3)16-14/h9H,5-8H2,1-4H3. The van der Waals surface area contributed by atoms with Crippen LogP contribution in [0, 0.1) is 25.2 Å². The molecule has 1 aromatic heterocycles. The average molecular weight is 231 g/mol. The van der Waals surface area contributed by atoms with Gasteiger partial charge in [0.25, 0.3) is 0 Å². The molecule has 0 aliphatic carbocycles. The normalized spacial score (nSPS) is 10.1. The predicted octanol–water partition coefficient (Wildman–Crippen LogP) is 3.20. The third-order valence-electron chi connectivity index (χ3n) is 2.90. The van der Waals surface area contributed by atoms with Crippen LogP contribution < -0.4 is 4.90 Å². The summed E-state index contributed by atoms with van der Waals surface area (Å²) in [5.41, 5.74) is 2.69. The summed E-state index contributed by atoms with van der Waals surface area (Å²) in [7, 11) is 2.01. The van der Waals surface area contributed by atoms with Gasteiger partial charge in [0.2, 0.25) is 0 Å². The Hall–Kier alpha value is -1.56. The fourth-order valence-corrected chi connectivity index (χ4v) is 1.94. The summed E-state index contributed by atoms with van der Waals surface area (Å²) in [6.45, 7) is 7.09. The number of hydrogen-bond acceptors (Lipinski definition) is 3. The summed E-state index contributed by atoms with van der Waals surface area (Å²) in [6.07, 6.45) is 3.57. The molecule has 3 nitrogen and oxygen atoms in total. The topological polar surface area (TPSA) is 39.9 Å². The van der Waals surface area contributed by atoms with E-state index in [0.717, 1.165) is 30.0 Å². The van der Waals surface area contributed by atoms with Crippen molar-refractivity contribution in [3.8, 4) is 6.07 Å². The van der Waals surface area contributed by atoms with E-state index in [-0.39, 0.29) is 0 Å². The van der Waals surface area contributed by atoms with Gasteiger partial charge in [-0.1, -0.05) is 19.8 Å². The molecule has 1 heterocycles. The van der Waals surface area contributed by atoms with E-state index in [1.807, 2.05) is 27.0 Å². The summed E-state index contributed by atoms with van der Waals surface area (Å²) in [6, 6.07) is 4.22. The summed E-state index contributed by atoms with van der Waals surface area (Å²) < 4.78 is 0. The molecule has 0 spiro atoms. The number of nitriles is 1. The SMILES string of the molecule is CCCCCN(C)c1nc(C)cc(C)c1C#N. The summed E-state index contributed by atoms with van der Waals surface area (Å²) >= 11 is 0. The molecule has 0 saturated carbocycles. The highest BCUT2D eigenvalue weighted by Gasteiger charge is 2.12. The fraction of sp³-hybridized carbons (Fsp3) is 0.571. The van der Waals surface area contributed by atoms with Crippen LogP contribution in [-0.2, 0) is 0 Å². The van der Waals surface area contributed by atoms with E-state index in [2.05, 4.69) is 22.9 Å². The summed E-state index contributed by atoms with van der Waals surface area (Å²) in [5.74, 6) is 0.820. The molecule has 0 saturated heterocycles. The molecule has 0 bridgehead atoms. The molecule has 0 unspecified atom stereocenters. The molecule has 0 N–H and O–H groups in total. The lowest BCUT2D eigenvalue weighted by Crippen LogP contribution is -2.21. The zero-order chi connectivity index (χ0) is 12.8. The lowest BCUT2D eigenvalue weighted by molar-refractivity contribution is 0.700. The van der Waals surface area contributed by atoms with Crippen LogP contribution in [-0.4, -0.2) is 18.6 Å². The molecule has 0 atom stereocenters. The van der Waals surface area contributed by atoms with E-state index in [9.17, 15) is 5.26 Å². The van der Waals surface area contributed by atoms with Gasteiger partial charge in [-0.15, -0.1) is 0 Å². The fourth-order valence-electron chi connectivity index (χ4n) is 1.94. The lowest BCUT2D eigenvalue weighted by Gasteiger charge is -2.20. The maximum Gasteiger partial charge on any atom is 0.146 e. The first kappa shape index (κ1) is 13.5. The number of pyridine rings is 1. The Bertz CT molecular complexity index is 418. The molecule has 0 aromatic carbocycles. The van der Waals surface area contributed by atoms with E-state index in [1.165, 1.54) is 12.8 Å². The molecule has 0 amide bonds. The van der Waals surface area contributed by atoms with Gasteiger partial charge in [-0.05, 0) is 31.9 Å². The van der Waals surface area contributed by atoms with Crippen LogP contribution in [0.3, 0.4) is 0 Å². The molecule has 92 valence electrons. The van der Waals surface area contributed by atoms with Crippen molar-refractivity contribution < 1.29 is 0 Å². The Morgan fingerprint density at radius 2 is 2.06 bits per heavy atom. The van der Waals surface area contributed by atoms with E-state index < -0.39 is 0 Å². The van der Waals surface area contributed by atoms with E-state index >= 15 is 0 Å². The smallest absolute Gasteiger partial charge is 0.146 e. The number of unbranched alkanes of at least 4 members (excludes halogenated alkanes) is 2. The Kier molecular flexibility index (Phi) is 4.96. The Morgan fingerprint density at radius 3 is 2.65 bits per heavy atom. The highest BCUT2D eigenvalue weighted by atomic mass is 15.2. The number of anilines is 1. The van der Waals surface area contributed by atoms with Gasteiger partial charge in [-0.25, -0.2) is 4.98 Å². The molecular formula is C14H21N3. The number of aryl methyl sites for hydroxylation is 2. The van der Waals surface area contributed by atoms with Gasteiger partial charge in [0, 0.05) is 19.3 Å². The van der Waals surface area contributed by atoms with Crippen LogP contribution in [0.15, 0.2) is 6.07 Å². The lowest BCUT2D eigenvalue weighted by atomic mass is 10.1. The van der Waals surface area contributed by atoms with Crippen molar-refractivity contribution in [3.05, 3.63) is 22.9 Å². The third kappa shape index (κ3) is 3.45. The molecule has 0 fully saturated rings. The highest BCUT2D eigenvalue weighted by Crippen LogP contribution is 2.21. The molecule has 0 aliphatic rings. The van der Waals surface area contributed by atoms with Crippen molar-refractivity contribution in [1.29, 1.82) is 5.26 Å². The first-order chi connectivity index (χ1) is 8.10. The van der Waals surface area contributed by atoms with Crippen molar-refractivity contribution in [2.45, 2.75) is 40.0 Å². The van der Waals surface area contributed by atoms with Crippen LogP contribution in [0.1, 0.15) is 43.0 Å². The minimum Gasteiger partial charge on any atom is -0.359 e. The Morgan fingerprint density at radius 1 is 1.35 bits per heavy atom. The van der Waals surface area contributed by atoms with Crippen molar-refractivity contribution in [2.24, 2.45) is 0 Å². The third-order valence-corrected chi connectivity index (χ3v) is 2.90. The molecular weight excluding hydrogens is 210 g/mol. The van der Waals surface area contributed by atoms with Crippen LogP contribution in [0.2, 0.25) is 0 Å². The van der Waals surface area contributed by atoms with Crippen LogP contribution in [0.4, 0.5) is 5.82 Å². The van der Waals surface area contributed by atoms with Crippen molar-refractivity contribution in [2.75, 3.05) is 18.5 Å². The molecule has 1 rings (SSSR count). The van der Waals surface area contributed by atoms with Gasteiger partial charge in [0.05, 0.1) is 5.56 Å². The van der Waals surface area contributed by atoms with Crippen molar-refractivity contribution >= 4 is 5.82 Å².